The van der Waals surface area contributed by atoms with Crippen molar-refractivity contribution in [2.45, 2.75) is 32.7 Å². The minimum Gasteiger partial charge on any atom is -0.369 e. The summed E-state index contributed by atoms with van der Waals surface area (Å²) < 4.78 is 0. The summed E-state index contributed by atoms with van der Waals surface area (Å²) in [6, 6.07) is 10.6. The molecule has 0 bridgehead atoms. The summed E-state index contributed by atoms with van der Waals surface area (Å²) in [4.78, 5) is 15.4. The van der Waals surface area contributed by atoms with Crippen LogP contribution in [0.3, 0.4) is 0 Å². The molecule has 0 fully saturated rings. The Morgan fingerprint density at radius 3 is 2.33 bits per heavy atom. The fourth-order valence-corrected chi connectivity index (χ4v) is 3.20. The molecule has 124 valence electrons. The van der Waals surface area contributed by atoms with Gasteiger partial charge in [0.05, 0.1) is 12.2 Å². The van der Waals surface area contributed by atoms with Crippen molar-refractivity contribution in [3.8, 4) is 10.8 Å². The number of anilines is 1. The van der Waals surface area contributed by atoms with Gasteiger partial charge >= 0.3 is 0 Å². The SMILES string of the molecule is CN(Cc1csc(-c2ncccn2)n1)c1ccc(C(C)(C)C)cc1. The van der Waals surface area contributed by atoms with Crippen LogP contribution in [0, 0.1) is 0 Å². The van der Waals surface area contributed by atoms with Crippen molar-refractivity contribution < 1.29 is 0 Å². The van der Waals surface area contributed by atoms with E-state index in [2.05, 4.69) is 77.3 Å². The highest BCUT2D eigenvalue weighted by Crippen LogP contribution is 2.26. The summed E-state index contributed by atoms with van der Waals surface area (Å²) in [5.41, 5.74) is 3.74. The van der Waals surface area contributed by atoms with Crippen LogP contribution in [0.1, 0.15) is 32.0 Å². The third kappa shape index (κ3) is 3.79. The Morgan fingerprint density at radius 1 is 1.04 bits per heavy atom. The molecule has 0 aliphatic rings. The van der Waals surface area contributed by atoms with Crippen LogP contribution in [0.5, 0.6) is 0 Å². The lowest BCUT2D eigenvalue weighted by Crippen LogP contribution is -2.17. The van der Waals surface area contributed by atoms with E-state index in [4.69, 9.17) is 0 Å². The molecule has 3 aromatic rings. The number of hydrogen-bond acceptors (Lipinski definition) is 5. The van der Waals surface area contributed by atoms with Crippen molar-refractivity contribution in [1.29, 1.82) is 0 Å². The van der Waals surface area contributed by atoms with E-state index in [1.807, 2.05) is 6.07 Å². The van der Waals surface area contributed by atoms with E-state index in [1.54, 1.807) is 23.7 Å². The first-order valence-corrected chi connectivity index (χ1v) is 8.85. The van der Waals surface area contributed by atoms with Crippen molar-refractivity contribution in [3.05, 3.63) is 59.4 Å². The lowest BCUT2D eigenvalue weighted by atomic mass is 9.87. The smallest absolute Gasteiger partial charge is 0.188 e. The maximum Gasteiger partial charge on any atom is 0.188 e. The van der Waals surface area contributed by atoms with Gasteiger partial charge < -0.3 is 4.90 Å². The number of thiazole rings is 1. The average Bonchev–Trinajstić information content (AvgIpc) is 3.03. The van der Waals surface area contributed by atoms with Gasteiger partial charge in [-0.2, -0.15) is 0 Å². The molecule has 0 amide bonds. The van der Waals surface area contributed by atoms with E-state index < -0.39 is 0 Å². The van der Waals surface area contributed by atoms with Crippen molar-refractivity contribution in [2.24, 2.45) is 0 Å². The van der Waals surface area contributed by atoms with Crippen LogP contribution in [-0.4, -0.2) is 22.0 Å². The molecule has 2 aromatic heterocycles. The van der Waals surface area contributed by atoms with Crippen LogP contribution >= 0.6 is 11.3 Å². The molecule has 0 saturated heterocycles. The molecule has 5 heteroatoms. The first-order valence-electron chi connectivity index (χ1n) is 7.97. The third-order valence-corrected chi connectivity index (χ3v) is 4.77. The Morgan fingerprint density at radius 2 is 1.71 bits per heavy atom. The summed E-state index contributed by atoms with van der Waals surface area (Å²) in [6.07, 6.45) is 3.48. The van der Waals surface area contributed by atoms with Crippen LogP contribution in [0.15, 0.2) is 48.1 Å². The van der Waals surface area contributed by atoms with Crippen LogP contribution in [0.2, 0.25) is 0 Å². The van der Waals surface area contributed by atoms with E-state index in [0.717, 1.165) is 17.2 Å². The van der Waals surface area contributed by atoms with Gasteiger partial charge in [-0.1, -0.05) is 32.9 Å². The second kappa shape index (κ2) is 6.69. The quantitative estimate of drug-likeness (QED) is 0.701. The molecular weight excluding hydrogens is 316 g/mol. The van der Waals surface area contributed by atoms with Crippen LogP contribution < -0.4 is 4.90 Å². The lowest BCUT2D eigenvalue weighted by molar-refractivity contribution is 0.590. The zero-order valence-corrected chi connectivity index (χ0v) is 15.3. The van der Waals surface area contributed by atoms with E-state index in [-0.39, 0.29) is 5.41 Å². The predicted molar refractivity (Wildman–Crippen MR) is 100 cm³/mol. The maximum atomic E-state index is 4.65. The van der Waals surface area contributed by atoms with Crippen molar-refractivity contribution in [3.63, 3.8) is 0 Å². The van der Waals surface area contributed by atoms with Crippen molar-refractivity contribution >= 4 is 17.0 Å². The first-order chi connectivity index (χ1) is 11.4. The lowest BCUT2D eigenvalue weighted by Gasteiger charge is -2.22. The fraction of sp³-hybridized carbons (Fsp3) is 0.316. The van der Waals surface area contributed by atoms with Crippen molar-refractivity contribution in [1.82, 2.24) is 15.0 Å². The normalized spacial score (nSPS) is 11.5. The Hall–Kier alpha value is -2.27. The summed E-state index contributed by atoms with van der Waals surface area (Å²) in [7, 11) is 2.09. The van der Waals surface area contributed by atoms with Gasteiger partial charge in [0.25, 0.3) is 0 Å². The number of rotatable bonds is 4. The van der Waals surface area contributed by atoms with Crippen LogP contribution in [0.25, 0.3) is 10.8 Å². The van der Waals surface area contributed by atoms with Gasteiger partial charge in [0.2, 0.25) is 0 Å². The molecule has 2 heterocycles. The zero-order valence-electron chi connectivity index (χ0n) is 14.5. The Labute approximate surface area is 147 Å². The van der Waals surface area contributed by atoms with Crippen LogP contribution in [0.4, 0.5) is 5.69 Å². The molecule has 0 unspecified atom stereocenters. The molecular formula is C19H22N4S. The fourth-order valence-electron chi connectivity index (χ4n) is 2.44. The number of hydrogen-bond donors (Lipinski definition) is 0. The largest absolute Gasteiger partial charge is 0.369 e. The summed E-state index contributed by atoms with van der Waals surface area (Å²) in [6.45, 7) is 7.45. The van der Waals surface area contributed by atoms with E-state index in [1.165, 1.54) is 11.3 Å². The summed E-state index contributed by atoms with van der Waals surface area (Å²) in [5.74, 6) is 0.686. The summed E-state index contributed by atoms with van der Waals surface area (Å²) in [5, 5.41) is 2.94. The second-order valence-electron chi connectivity index (χ2n) is 6.87. The maximum absolute atomic E-state index is 4.65. The van der Waals surface area contributed by atoms with E-state index in [0.29, 0.717) is 5.82 Å². The Kier molecular flexibility index (Phi) is 4.62. The molecule has 24 heavy (non-hydrogen) atoms. The minimum absolute atomic E-state index is 0.177. The van der Waals surface area contributed by atoms with Gasteiger partial charge in [-0.15, -0.1) is 11.3 Å². The standard InChI is InChI=1S/C19H22N4S/c1-19(2,3)14-6-8-16(9-7-14)23(4)12-15-13-24-18(22-15)17-20-10-5-11-21-17/h5-11,13H,12H2,1-4H3. The van der Waals surface area contributed by atoms with Gasteiger partial charge in [-0.05, 0) is 29.2 Å². The number of aromatic nitrogens is 3. The van der Waals surface area contributed by atoms with Gasteiger partial charge in [-0.25, -0.2) is 15.0 Å². The highest BCUT2D eigenvalue weighted by Gasteiger charge is 2.14. The summed E-state index contributed by atoms with van der Waals surface area (Å²) >= 11 is 1.58. The van der Waals surface area contributed by atoms with Gasteiger partial charge in [0.15, 0.2) is 10.8 Å². The molecule has 3 rings (SSSR count). The topological polar surface area (TPSA) is 41.9 Å². The first kappa shape index (κ1) is 16.6. The predicted octanol–water partition coefficient (Wildman–Crippen LogP) is 4.53. The molecule has 0 N–H and O–H groups in total. The second-order valence-corrected chi connectivity index (χ2v) is 7.73. The molecule has 4 nitrogen and oxygen atoms in total. The van der Waals surface area contributed by atoms with Gasteiger partial charge in [-0.3, -0.25) is 0 Å². The third-order valence-electron chi connectivity index (χ3n) is 3.88. The number of nitrogens with zero attached hydrogens (tertiary/aromatic N) is 4. The number of benzene rings is 1. The highest BCUT2D eigenvalue weighted by atomic mass is 32.1. The van der Waals surface area contributed by atoms with Crippen LogP contribution in [-0.2, 0) is 12.0 Å². The molecule has 0 spiro atoms. The molecule has 0 aliphatic carbocycles. The van der Waals surface area contributed by atoms with E-state index >= 15 is 0 Å². The minimum atomic E-state index is 0.177. The molecule has 0 aliphatic heterocycles. The van der Waals surface area contributed by atoms with Gasteiger partial charge in [0, 0.05) is 30.5 Å². The Bertz CT molecular complexity index is 788. The molecule has 0 atom stereocenters. The van der Waals surface area contributed by atoms with Crippen molar-refractivity contribution in [2.75, 3.05) is 11.9 Å². The highest BCUT2D eigenvalue weighted by molar-refractivity contribution is 7.13. The van der Waals surface area contributed by atoms with Gasteiger partial charge in [0.1, 0.15) is 0 Å². The molecule has 0 saturated carbocycles. The molecule has 1 aromatic carbocycles. The molecule has 0 radical (unpaired) electrons. The van der Waals surface area contributed by atoms with E-state index in [9.17, 15) is 0 Å². The monoisotopic (exact) mass is 338 g/mol. The Balaban J connectivity index is 1.71. The zero-order chi connectivity index (χ0) is 17.2. The average molecular weight is 338 g/mol.